The molecule has 35 heavy (non-hydrogen) atoms. The third-order valence-corrected chi connectivity index (χ3v) is 5.56. The Morgan fingerprint density at radius 1 is 1.20 bits per heavy atom. The summed E-state index contributed by atoms with van der Waals surface area (Å²) >= 11 is 0. The van der Waals surface area contributed by atoms with Crippen LogP contribution in [0, 0.1) is 6.92 Å². The van der Waals surface area contributed by atoms with E-state index in [-0.39, 0.29) is 11.5 Å². The number of nitrogens with one attached hydrogen (secondary N) is 4. The molecule has 0 saturated carbocycles. The van der Waals surface area contributed by atoms with Gasteiger partial charge in [0, 0.05) is 48.1 Å². The number of hydrogen-bond acceptors (Lipinski definition) is 8. The lowest BCUT2D eigenvalue weighted by molar-refractivity contribution is 0.168. The van der Waals surface area contributed by atoms with Crippen molar-refractivity contribution in [3.63, 3.8) is 0 Å². The number of benzene rings is 1. The van der Waals surface area contributed by atoms with Crippen LogP contribution in [0.4, 0.5) is 16.4 Å². The second kappa shape index (κ2) is 10.6. The summed E-state index contributed by atoms with van der Waals surface area (Å²) in [6.07, 6.45) is 1.21. The Kier molecular flexibility index (Phi) is 7.83. The molecule has 0 saturated heterocycles. The normalized spacial score (nSPS) is 12.1. The number of alkyl carbamates (subject to hydrolysis) is 1. The fourth-order valence-corrected chi connectivity index (χ4v) is 3.56. The summed E-state index contributed by atoms with van der Waals surface area (Å²) in [5.41, 5.74) is 4.95. The van der Waals surface area contributed by atoms with E-state index >= 15 is 0 Å². The van der Waals surface area contributed by atoms with Crippen molar-refractivity contribution in [2.45, 2.75) is 46.1 Å². The molecule has 2 heterocycles. The van der Waals surface area contributed by atoms with E-state index in [0.717, 1.165) is 39.8 Å². The van der Waals surface area contributed by atoms with Crippen molar-refractivity contribution in [1.29, 1.82) is 0 Å². The first-order chi connectivity index (χ1) is 16.6. The molecule has 10 nitrogen and oxygen atoms in total. The summed E-state index contributed by atoms with van der Waals surface area (Å²) in [5.74, 6) is 2.06. The van der Waals surface area contributed by atoms with E-state index in [4.69, 9.17) is 14.7 Å². The Morgan fingerprint density at radius 3 is 2.57 bits per heavy atom. The van der Waals surface area contributed by atoms with E-state index in [0.29, 0.717) is 18.2 Å². The molecule has 1 atom stereocenters. The molecule has 0 aliphatic rings. The first-order valence-corrected chi connectivity index (χ1v) is 11.5. The number of H-pyrrole nitrogens is 1. The predicted molar refractivity (Wildman–Crippen MR) is 138 cm³/mol. The summed E-state index contributed by atoms with van der Waals surface area (Å²) in [6, 6.07) is 5.72. The van der Waals surface area contributed by atoms with Gasteiger partial charge in [0.25, 0.3) is 0 Å². The summed E-state index contributed by atoms with van der Waals surface area (Å²) in [7, 11) is 4.88. The van der Waals surface area contributed by atoms with Gasteiger partial charge in [-0.1, -0.05) is 20.8 Å². The molecule has 0 radical (unpaired) electrons. The van der Waals surface area contributed by atoms with Crippen molar-refractivity contribution in [2.75, 3.05) is 38.4 Å². The van der Waals surface area contributed by atoms with Crippen molar-refractivity contribution in [3.05, 3.63) is 35.8 Å². The zero-order chi connectivity index (χ0) is 25.8. The molecule has 3 aromatic rings. The average molecular weight is 482 g/mol. The lowest BCUT2D eigenvalue weighted by atomic mass is 9.96. The zero-order valence-corrected chi connectivity index (χ0v) is 21.7. The van der Waals surface area contributed by atoms with Crippen LogP contribution in [0.2, 0.25) is 0 Å². The van der Waals surface area contributed by atoms with Gasteiger partial charge in [-0.05, 0) is 32.0 Å². The SMILES string of the molecule is CNc1cc(-c2nc(C(C)(C)C)[nH]c2-c2ccnc(NCC(C)NC(=O)OC)n2)cc(OC)c1C. The van der Waals surface area contributed by atoms with Crippen LogP contribution >= 0.6 is 0 Å². The van der Waals surface area contributed by atoms with Gasteiger partial charge in [0.05, 0.1) is 31.3 Å². The molecule has 3 rings (SSSR count). The number of nitrogens with zero attached hydrogens (tertiary/aromatic N) is 3. The van der Waals surface area contributed by atoms with E-state index in [9.17, 15) is 4.79 Å². The highest BCUT2D eigenvalue weighted by atomic mass is 16.5. The van der Waals surface area contributed by atoms with Crippen molar-refractivity contribution in [2.24, 2.45) is 0 Å². The molecule has 0 fully saturated rings. The number of methoxy groups -OCH3 is 2. The fraction of sp³-hybridized carbons (Fsp3) is 0.440. The highest BCUT2D eigenvalue weighted by Crippen LogP contribution is 2.37. The Labute approximate surface area is 206 Å². The van der Waals surface area contributed by atoms with Gasteiger partial charge in [-0.25, -0.2) is 19.7 Å². The first-order valence-electron chi connectivity index (χ1n) is 11.5. The molecule has 4 N–H and O–H groups in total. The molecule has 1 aromatic carbocycles. The number of aromatic amines is 1. The minimum atomic E-state index is -0.486. The number of carbonyl (C=O) groups is 1. The lowest BCUT2D eigenvalue weighted by Crippen LogP contribution is -2.37. The molecular formula is C25H35N7O3. The Bertz CT molecular complexity index is 1160. The molecular weight excluding hydrogens is 446 g/mol. The lowest BCUT2D eigenvalue weighted by Gasteiger charge is -2.14. The van der Waals surface area contributed by atoms with Crippen molar-refractivity contribution in [3.8, 4) is 28.4 Å². The van der Waals surface area contributed by atoms with Crippen LogP contribution in [0.5, 0.6) is 5.75 Å². The largest absolute Gasteiger partial charge is 0.496 e. The van der Waals surface area contributed by atoms with Crippen LogP contribution in [0.1, 0.15) is 39.1 Å². The van der Waals surface area contributed by atoms with E-state index < -0.39 is 6.09 Å². The standard InChI is InChI=1S/C25H35N7O3/c1-14(29-24(33)35-8)13-28-23-27-10-9-17(30-23)21-20(31-22(32-21)25(3,4)5)16-11-18(26-6)15(2)19(12-16)34-7/h9-12,14,26H,13H2,1-8H3,(H,29,33)(H,31,32)(H,27,28,30). The van der Waals surface area contributed by atoms with Crippen molar-refractivity contribution < 1.29 is 14.3 Å². The third kappa shape index (κ3) is 6.00. The minimum Gasteiger partial charge on any atom is -0.496 e. The maximum atomic E-state index is 11.4. The molecule has 0 aliphatic heterocycles. The fourth-order valence-electron chi connectivity index (χ4n) is 3.56. The van der Waals surface area contributed by atoms with E-state index in [1.54, 1.807) is 13.3 Å². The zero-order valence-electron chi connectivity index (χ0n) is 21.7. The Balaban J connectivity index is 2.02. The van der Waals surface area contributed by atoms with Crippen LogP contribution < -0.4 is 20.7 Å². The van der Waals surface area contributed by atoms with Gasteiger partial charge >= 0.3 is 6.09 Å². The first kappa shape index (κ1) is 25.8. The number of aromatic nitrogens is 4. The van der Waals surface area contributed by atoms with Gasteiger partial charge in [0.15, 0.2) is 0 Å². The van der Waals surface area contributed by atoms with Gasteiger partial charge < -0.3 is 30.4 Å². The number of anilines is 2. The molecule has 2 aromatic heterocycles. The summed E-state index contributed by atoms with van der Waals surface area (Å²) in [4.78, 5) is 28.9. The highest BCUT2D eigenvalue weighted by Gasteiger charge is 2.24. The second-order valence-electron chi connectivity index (χ2n) is 9.34. The molecule has 1 amide bonds. The quantitative estimate of drug-likeness (QED) is 0.374. The van der Waals surface area contributed by atoms with Crippen LogP contribution in [0.25, 0.3) is 22.6 Å². The van der Waals surface area contributed by atoms with E-state index in [1.165, 1.54) is 7.11 Å². The minimum absolute atomic E-state index is 0.176. The van der Waals surface area contributed by atoms with Crippen LogP contribution in [0.3, 0.4) is 0 Å². The number of imidazole rings is 1. The Morgan fingerprint density at radius 2 is 1.94 bits per heavy atom. The van der Waals surface area contributed by atoms with Crippen LogP contribution in [-0.2, 0) is 10.2 Å². The molecule has 0 bridgehead atoms. The molecule has 10 heteroatoms. The third-order valence-electron chi connectivity index (χ3n) is 5.56. The average Bonchev–Trinajstić information content (AvgIpc) is 3.29. The predicted octanol–water partition coefficient (Wildman–Crippen LogP) is 4.35. The molecule has 1 unspecified atom stereocenters. The van der Waals surface area contributed by atoms with Gasteiger partial charge in [0.1, 0.15) is 11.6 Å². The van der Waals surface area contributed by atoms with Crippen LogP contribution in [0.15, 0.2) is 24.4 Å². The maximum absolute atomic E-state index is 11.4. The smallest absolute Gasteiger partial charge is 0.407 e. The second-order valence-corrected chi connectivity index (χ2v) is 9.34. The van der Waals surface area contributed by atoms with Crippen LogP contribution in [-0.4, -0.2) is 59.9 Å². The molecule has 0 spiro atoms. The molecule has 188 valence electrons. The number of carbonyl (C=O) groups excluding carboxylic acids is 1. The van der Waals surface area contributed by atoms with E-state index in [1.807, 2.05) is 33.0 Å². The summed E-state index contributed by atoms with van der Waals surface area (Å²) < 4.78 is 10.3. The summed E-state index contributed by atoms with van der Waals surface area (Å²) in [6.45, 7) is 10.6. The van der Waals surface area contributed by atoms with E-state index in [2.05, 4.69) is 57.5 Å². The highest BCUT2D eigenvalue weighted by molar-refractivity contribution is 5.81. The van der Waals surface area contributed by atoms with Crippen molar-refractivity contribution in [1.82, 2.24) is 25.3 Å². The van der Waals surface area contributed by atoms with Gasteiger partial charge in [-0.2, -0.15) is 0 Å². The van der Waals surface area contributed by atoms with Gasteiger partial charge in [0.2, 0.25) is 5.95 Å². The summed E-state index contributed by atoms with van der Waals surface area (Å²) in [5, 5.41) is 9.12. The van der Waals surface area contributed by atoms with Gasteiger partial charge in [-0.15, -0.1) is 0 Å². The number of amides is 1. The topological polar surface area (TPSA) is 126 Å². The number of rotatable bonds is 8. The monoisotopic (exact) mass is 481 g/mol. The Hall–Kier alpha value is -3.82. The maximum Gasteiger partial charge on any atom is 0.407 e. The molecule has 0 aliphatic carbocycles. The van der Waals surface area contributed by atoms with Gasteiger partial charge in [-0.3, -0.25) is 0 Å². The van der Waals surface area contributed by atoms with Crippen molar-refractivity contribution >= 4 is 17.7 Å². The number of hydrogen-bond donors (Lipinski definition) is 4. The number of ether oxygens (including phenoxy) is 2.